The van der Waals surface area contributed by atoms with Crippen molar-refractivity contribution in [2.45, 2.75) is 30.4 Å². The van der Waals surface area contributed by atoms with Crippen LogP contribution >= 0.6 is 27.7 Å². The molecular weight excluding hydrogens is 524 g/mol. The SMILES string of the molecule is C=CCn1c(CNc2cccc3ccccc23)nnc1SC(C)C(=O)NN=Cc1cccc(Br)c1. The summed E-state index contributed by atoms with van der Waals surface area (Å²) in [5.74, 6) is 0.547. The van der Waals surface area contributed by atoms with E-state index in [1.54, 1.807) is 12.3 Å². The van der Waals surface area contributed by atoms with Crippen molar-refractivity contribution >= 4 is 56.3 Å². The van der Waals surface area contributed by atoms with Crippen molar-refractivity contribution in [2.75, 3.05) is 5.32 Å². The summed E-state index contributed by atoms with van der Waals surface area (Å²) in [6, 6.07) is 22.1. The highest BCUT2D eigenvalue weighted by Crippen LogP contribution is 2.25. The van der Waals surface area contributed by atoms with Crippen LogP contribution in [-0.4, -0.2) is 32.1 Å². The normalized spacial score (nSPS) is 12.1. The van der Waals surface area contributed by atoms with Crippen molar-refractivity contribution < 1.29 is 4.79 Å². The second-order valence-corrected chi connectivity index (χ2v) is 9.95. The van der Waals surface area contributed by atoms with Crippen LogP contribution < -0.4 is 10.7 Å². The third-order valence-electron chi connectivity index (χ3n) is 5.22. The highest BCUT2D eigenvalue weighted by Gasteiger charge is 2.19. The van der Waals surface area contributed by atoms with E-state index in [1.165, 1.54) is 17.1 Å². The van der Waals surface area contributed by atoms with E-state index < -0.39 is 5.25 Å². The average Bonchev–Trinajstić information content (AvgIpc) is 3.23. The number of halogens is 1. The quantitative estimate of drug-likeness (QED) is 0.116. The number of amides is 1. The number of nitrogens with one attached hydrogen (secondary N) is 2. The molecule has 2 N–H and O–H groups in total. The number of thioether (sulfide) groups is 1. The number of benzene rings is 3. The third kappa shape index (κ3) is 6.37. The molecule has 0 spiro atoms. The number of aromatic nitrogens is 3. The zero-order chi connectivity index (χ0) is 24.6. The molecule has 3 aromatic carbocycles. The number of rotatable bonds is 10. The van der Waals surface area contributed by atoms with E-state index in [4.69, 9.17) is 0 Å². The van der Waals surface area contributed by atoms with Crippen molar-refractivity contribution in [3.05, 3.63) is 95.2 Å². The number of carbonyl (C=O) groups is 1. The Bertz CT molecular complexity index is 1360. The Morgan fingerprint density at radius 2 is 1.97 bits per heavy atom. The zero-order valence-corrected chi connectivity index (χ0v) is 21.6. The maximum atomic E-state index is 12.6. The second-order valence-electron chi connectivity index (χ2n) is 7.73. The fraction of sp³-hybridized carbons (Fsp3) is 0.154. The lowest BCUT2D eigenvalue weighted by Crippen LogP contribution is -2.27. The first kappa shape index (κ1) is 24.7. The standard InChI is InChI=1S/C26H25BrN6OS/c1-3-14-33-24(17-28-23-13-7-10-20-9-4-5-12-22(20)23)30-32-26(33)35-18(2)25(34)31-29-16-19-8-6-11-21(27)15-19/h3-13,15-16,18,28H,1,14,17H2,2H3,(H,31,34). The first-order valence-corrected chi connectivity index (χ1v) is 12.7. The van der Waals surface area contributed by atoms with E-state index in [-0.39, 0.29) is 5.91 Å². The van der Waals surface area contributed by atoms with Gasteiger partial charge in [-0.25, -0.2) is 5.43 Å². The van der Waals surface area contributed by atoms with Crippen LogP contribution in [0.15, 0.2) is 94.1 Å². The predicted octanol–water partition coefficient (Wildman–Crippen LogP) is 5.62. The number of hydrogen-bond acceptors (Lipinski definition) is 6. The minimum Gasteiger partial charge on any atom is -0.377 e. The number of carbonyl (C=O) groups excluding carboxylic acids is 1. The van der Waals surface area contributed by atoms with Crippen LogP contribution in [0.1, 0.15) is 18.3 Å². The topological polar surface area (TPSA) is 84.2 Å². The molecule has 178 valence electrons. The molecule has 0 fully saturated rings. The fourth-order valence-corrected chi connectivity index (χ4v) is 4.75. The minimum atomic E-state index is -0.415. The van der Waals surface area contributed by atoms with Gasteiger partial charge in [0.05, 0.1) is 18.0 Å². The first-order valence-electron chi connectivity index (χ1n) is 11.0. The number of allylic oxidation sites excluding steroid dienone is 1. The molecule has 0 aliphatic carbocycles. The average molecular weight is 549 g/mol. The molecule has 1 aromatic heterocycles. The molecule has 4 rings (SSSR count). The van der Waals surface area contributed by atoms with Crippen molar-refractivity contribution in [1.29, 1.82) is 0 Å². The molecule has 0 radical (unpaired) electrons. The van der Waals surface area contributed by atoms with Crippen molar-refractivity contribution in [1.82, 2.24) is 20.2 Å². The molecule has 1 heterocycles. The van der Waals surface area contributed by atoms with Crippen LogP contribution in [0.5, 0.6) is 0 Å². The maximum Gasteiger partial charge on any atom is 0.253 e. The summed E-state index contributed by atoms with van der Waals surface area (Å²) in [5.41, 5.74) is 4.51. The first-order chi connectivity index (χ1) is 17.0. The Balaban J connectivity index is 1.41. The molecule has 4 aromatic rings. The van der Waals surface area contributed by atoms with Gasteiger partial charge in [0.15, 0.2) is 11.0 Å². The molecule has 9 heteroatoms. The van der Waals surface area contributed by atoms with Gasteiger partial charge in [-0.05, 0) is 36.1 Å². The molecule has 1 atom stereocenters. The molecule has 1 unspecified atom stereocenters. The summed E-state index contributed by atoms with van der Waals surface area (Å²) in [5, 5.41) is 18.8. The van der Waals surface area contributed by atoms with E-state index in [2.05, 4.69) is 66.7 Å². The van der Waals surface area contributed by atoms with E-state index in [1.807, 2.05) is 60.0 Å². The zero-order valence-electron chi connectivity index (χ0n) is 19.2. The minimum absolute atomic E-state index is 0.218. The van der Waals surface area contributed by atoms with E-state index in [9.17, 15) is 4.79 Å². The van der Waals surface area contributed by atoms with E-state index in [0.29, 0.717) is 18.2 Å². The van der Waals surface area contributed by atoms with Crippen molar-refractivity contribution in [3.63, 3.8) is 0 Å². The van der Waals surface area contributed by atoms with Gasteiger partial charge >= 0.3 is 0 Å². The highest BCUT2D eigenvalue weighted by atomic mass is 79.9. The number of fused-ring (bicyclic) bond motifs is 1. The number of hydrazone groups is 1. The monoisotopic (exact) mass is 548 g/mol. The van der Waals surface area contributed by atoms with Gasteiger partial charge in [-0.2, -0.15) is 5.10 Å². The Labute approximate surface area is 216 Å². The molecule has 0 aliphatic rings. The van der Waals surface area contributed by atoms with Crippen molar-refractivity contribution in [3.8, 4) is 0 Å². The van der Waals surface area contributed by atoms with Gasteiger partial charge in [0.2, 0.25) is 0 Å². The lowest BCUT2D eigenvalue weighted by molar-refractivity contribution is -0.120. The Morgan fingerprint density at radius 1 is 1.17 bits per heavy atom. The van der Waals surface area contributed by atoms with Gasteiger partial charge in [-0.15, -0.1) is 16.8 Å². The number of nitrogens with zero attached hydrogens (tertiary/aromatic N) is 4. The largest absolute Gasteiger partial charge is 0.377 e. The molecule has 0 saturated heterocycles. The van der Waals surface area contributed by atoms with Gasteiger partial charge in [-0.3, -0.25) is 4.79 Å². The molecule has 7 nitrogen and oxygen atoms in total. The van der Waals surface area contributed by atoms with Crippen LogP contribution in [0.4, 0.5) is 5.69 Å². The molecule has 1 amide bonds. The summed E-state index contributed by atoms with van der Waals surface area (Å²) in [6.45, 7) is 6.71. The second kappa shape index (κ2) is 11.8. The Morgan fingerprint density at radius 3 is 2.80 bits per heavy atom. The lowest BCUT2D eigenvalue weighted by Gasteiger charge is -2.13. The molecule has 35 heavy (non-hydrogen) atoms. The predicted molar refractivity (Wildman–Crippen MR) is 147 cm³/mol. The summed E-state index contributed by atoms with van der Waals surface area (Å²) >= 11 is 4.75. The summed E-state index contributed by atoms with van der Waals surface area (Å²) in [4.78, 5) is 12.6. The van der Waals surface area contributed by atoms with Gasteiger partial charge in [0, 0.05) is 22.1 Å². The lowest BCUT2D eigenvalue weighted by atomic mass is 10.1. The van der Waals surface area contributed by atoms with Crippen LogP contribution in [0.2, 0.25) is 0 Å². The van der Waals surface area contributed by atoms with E-state index in [0.717, 1.165) is 26.9 Å². The van der Waals surface area contributed by atoms with Gasteiger partial charge < -0.3 is 9.88 Å². The highest BCUT2D eigenvalue weighted by molar-refractivity contribution is 9.10. The Kier molecular flexibility index (Phi) is 8.33. The number of anilines is 1. The third-order valence-corrected chi connectivity index (χ3v) is 6.79. The smallest absolute Gasteiger partial charge is 0.253 e. The van der Waals surface area contributed by atoms with Gasteiger partial charge in [0.25, 0.3) is 5.91 Å². The van der Waals surface area contributed by atoms with Crippen LogP contribution in [-0.2, 0) is 17.9 Å². The maximum absolute atomic E-state index is 12.6. The van der Waals surface area contributed by atoms with Gasteiger partial charge in [0.1, 0.15) is 0 Å². The summed E-state index contributed by atoms with van der Waals surface area (Å²) in [7, 11) is 0. The summed E-state index contributed by atoms with van der Waals surface area (Å²) < 4.78 is 2.91. The molecule has 0 bridgehead atoms. The van der Waals surface area contributed by atoms with Crippen LogP contribution in [0, 0.1) is 0 Å². The van der Waals surface area contributed by atoms with Crippen LogP contribution in [0.3, 0.4) is 0 Å². The summed E-state index contributed by atoms with van der Waals surface area (Å²) in [6.07, 6.45) is 3.40. The molecular formula is C26H25BrN6OS. The van der Waals surface area contributed by atoms with Crippen molar-refractivity contribution in [2.24, 2.45) is 5.10 Å². The molecule has 0 saturated carbocycles. The van der Waals surface area contributed by atoms with Gasteiger partial charge in [-0.1, -0.05) is 82.3 Å². The number of hydrogen-bond donors (Lipinski definition) is 2. The van der Waals surface area contributed by atoms with Crippen LogP contribution in [0.25, 0.3) is 10.8 Å². The Hall–Kier alpha value is -3.43. The fourth-order valence-electron chi connectivity index (χ4n) is 3.46. The van der Waals surface area contributed by atoms with E-state index >= 15 is 0 Å². The molecule has 0 aliphatic heterocycles.